The van der Waals surface area contributed by atoms with Crippen molar-refractivity contribution in [2.75, 3.05) is 0 Å². The summed E-state index contributed by atoms with van der Waals surface area (Å²) in [6.45, 7) is 0. The summed E-state index contributed by atoms with van der Waals surface area (Å²) in [6, 6.07) is 105. The number of hydrogen-bond acceptors (Lipinski definition) is 2. The van der Waals surface area contributed by atoms with Crippen LogP contribution in [0.1, 0.15) is 0 Å². The predicted octanol–water partition coefficient (Wildman–Crippen LogP) is 19.5. The molecule has 12 aromatic carbocycles. The molecule has 346 valence electrons. The Labute approximate surface area is 432 Å². The largest absolute Gasteiger partial charge is 0.228 e. The zero-order valence-electron chi connectivity index (χ0n) is 40.6. The number of fused-ring (bicyclic) bond motifs is 3. The van der Waals surface area contributed by atoms with E-state index in [2.05, 4.69) is 291 Å². The molecule has 74 heavy (non-hydrogen) atoms. The molecular formula is C72H48N2. The fourth-order valence-electron chi connectivity index (χ4n) is 10.4. The third-order valence-corrected chi connectivity index (χ3v) is 14.2. The lowest BCUT2D eigenvalue weighted by molar-refractivity contribution is 1.23. The van der Waals surface area contributed by atoms with Gasteiger partial charge in [0.25, 0.3) is 0 Å². The Bertz CT molecular complexity index is 4010. The smallest absolute Gasteiger partial charge is 0.160 e. The average molecular weight is 941 g/mol. The summed E-state index contributed by atoms with van der Waals surface area (Å²) in [4.78, 5) is 10.7. The van der Waals surface area contributed by atoms with Gasteiger partial charge in [0.15, 0.2) is 5.82 Å². The van der Waals surface area contributed by atoms with Crippen molar-refractivity contribution in [3.8, 4) is 112 Å². The molecule has 0 amide bonds. The van der Waals surface area contributed by atoms with E-state index >= 15 is 0 Å². The Balaban J connectivity index is 0.838. The number of hydrogen-bond donors (Lipinski definition) is 0. The van der Waals surface area contributed by atoms with Gasteiger partial charge in [-0.15, -0.1) is 0 Å². The first kappa shape index (κ1) is 44.2. The molecule has 0 bridgehead atoms. The minimum Gasteiger partial charge on any atom is -0.228 e. The summed E-state index contributed by atoms with van der Waals surface area (Å²) in [5.41, 5.74) is 22.7. The SMILES string of the molecule is c1ccc(-c2cc(-c3ccccc3)cc(-c3cccc(-c4ccc(-c5nc(-c6ccc(-c7cccc(-c8cc(-c9ccccc9)cc(-c9ccccc9)c8)c7)cc6)c6c(ccc7ccccc76)n5)cc4)c3)c2)cc1. The maximum absolute atomic E-state index is 5.43. The first-order valence-corrected chi connectivity index (χ1v) is 25.3. The highest BCUT2D eigenvalue weighted by Crippen LogP contribution is 2.39. The van der Waals surface area contributed by atoms with Crippen LogP contribution in [-0.2, 0) is 0 Å². The summed E-state index contributed by atoms with van der Waals surface area (Å²) in [5.74, 6) is 0.693. The summed E-state index contributed by atoms with van der Waals surface area (Å²) >= 11 is 0. The summed E-state index contributed by atoms with van der Waals surface area (Å²) in [7, 11) is 0. The predicted molar refractivity (Wildman–Crippen MR) is 311 cm³/mol. The molecule has 0 unspecified atom stereocenters. The normalized spacial score (nSPS) is 11.2. The molecule has 0 radical (unpaired) electrons. The zero-order chi connectivity index (χ0) is 49.2. The van der Waals surface area contributed by atoms with Crippen LogP contribution in [0.3, 0.4) is 0 Å². The zero-order valence-corrected chi connectivity index (χ0v) is 40.6. The molecule has 0 aliphatic heterocycles. The molecule has 13 aromatic rings. The van der Waals surface area contributed by atoms with Gasteiger partial charge in [0.05, 0.1) is 11.2 Å². The molecule has 0 N–H and O–H groups in total. The molecule has 2 nitrogen and oxygen atoms in total. The van der Waals surface area contributed by atoms with Crippen molar-refractivity contribution >= 4 is 21.7 Å². The van der Waals surface area contributed by atoms with Crippen molar-refractivity contribution in [1.29, 1.82) is 0 Å². The van der Waals surface area contributed by atoms with E-state index in [4.69, 9.17) is 9.97 Å². The van der Waals surface area contributed by atoms with Crippen LogP contribution in [0.2, 0.25) is 0 Å². The molecule has 0 spiro atoms. The molecule has 2 heteroatoms. The van der Waals surface area contributed by atoms with Gasteiger partial charge in [0, 0.05) is 16.5 Å². The second kappa shape index (κ2) is 19.4. The Hall–Kier alpha value is -9.76. The van der Waals surface area contributed by atoms with E-state index in [9.17, 15) is 0 Å². The third-order valence-electron chi connectivity index (χ3n) is 14.2. The lowest BCUT2D eigenvalue weighted by Gasteiger charge is -2.14. The van der Waals surface area contributed by atoms with Crippen molar-refractivity contribution in [1.82, 2.24) is 9.97 Å². The average Bonchev–Trinajstić information content (AvgIpc) is 3.50. The van der Waals surface area contributed by atoms with Crippen molar-refractivity contribution < 1.29 is 0 Å². The van der Waals surface area contributed by atoms with E-state index in [1.165, 1.54) is 66.8 Å². The summed E-state index contributed by atoms with van der Waals surface area (Å²) in [5, 5.41) is 3.35. The molecule has 0 aliphatic carbocycles. The van der Waals surface area contributed by atoms with E-state index < -0.39 is 0 Å². The topological polar surface area (TPSA) is 25.8 Å². The molecular weight excluding hydrogens is 893 g/mol. The Kier molecular flexibility index (Phi) is 11.6. The quantitative estimate of drug-likeness (QED) is 0.128. The van der Waals surface area contributed by atoms with Gasteiger partial charge in [-0.1, -0.05) is 237 Å². The Morgan fingerprint density at radius 2 is 0.500 bits per heavy atom. The standard InChI is InChI=1S/C72H48N2/c1-5-17-49(18-6-1)62-43-63(50-19-7-2-8-20-50)46-66(45-62)60-28-15-26-58(41-60)53-31-35-56(36-32-53)71-70-68-30-14-13-25-55(68)39-40-69(70)73-72(74-71)57-37-33-54(34-38-57)59-27-16-29-61(42-59)67-47-64(51-21-9-3-10-22-51)44-65(48-67)52-23-11-4-12-24-52/h1-48H. The van der Waals surface area contributed by atoms with Crippen LogP contribution in [0.5, 0.6) is 0 Å². The molecule has 0 fully saturated rings. The van der Waals surface area contributed by atoms with E-state index in [0.717, 1.165) is 60.8 Å². The highest BCUT2D eigenvalue weighted by molar-refractivity contribution is 6.12. The maximum Gasteiger partial charge on any atom is 0.160 e. The number of nitrogens with zero attached hydrogens (tertiary/aromatic N) is 2. The number of rotatable bonds is 10. The number of benzene rings is 12. The van der Waals surface area contributed by atoms with Crippen LogP contribution >= 0.6 is 0 Å². The fraction of sp³-hybridized carbons (Fsp3) is 0. The van der Waals surface area contributed by atoms with Gasteiger partial charge in [-0.05, 0) is 154 Å². The van der Waals surface area contributed by atoms with E-state index in [0.29, 0.717) is 5.82 Å². The van der Waals surface area contributed by atoms with Crippen molar-refractivity contribution in [2.45, 2.75) is 0 Å². The molecule has 1 heterocycles. The van der Waals surface area contributed by atoms with Gasteiger partial charge in [-0.25, -0.2) is 9.97 Å². The van der Waals surface area contributed by atoms with E-state index in [1.54, 1.807) is 0 Å². The Morgan fingerprint density at radius 3 is 0.932 bits per heavy atom. The van der Waals surface area contributed by atoms with Crippen LogP contribution < -0.4 is 0 Å². The molecule has 0 saturated heterocycles. The highest BCUT2D eigenvalue weighted by Gasteiger charge is 2.17. The van der Waals surface area contributed by atoms with Gasteiger partial charge < -0.3 is 0 Å². The first-order chi connectivity index (χ1) is 36.6. The molecule has 0 saturated carbocycles. The Morgan fingerprint density at radius 1 is 0.189 bits per heavy atom. The second-order valence-corrected chi connectivity index (χ2v) is 19.0. The third kappa shape index (κ3) is 8.87. The van der Waals surface area contributed by atoms with Gasteiger partial charge in [-0.3, -0.25) is 0 Å². The molecule has 13 rings (SSSR count). The number of aromatic nitrogens is 2. The lowest BCUT2D eigenvalue weighted by atomic mass is 9.92. The summed E-state index contributed by atoms with van der Waals surface area (Å²) in [6.07, 6.45) is 0. The van der Waals surface area contributed by atoms with Crippen LogP contribution in [-0.4, -0.2) is 9.97 Å². The second-order valence-electron chi connectivity index (χ2n) is 19.0. The maximum atomic E-state index is 5.43. The first-order valence-electron chi connectivity index (χ1n) is 25.3. The van der Waals surface area contributed by atoms with E-state index in [-0.39, 0.29) is 0 Å². The van der Waals surface area contributed by atoms with Crippen molar-refractivity contribution in [3.05, 3.63) is 291 Å². The van der Waals surface area contributed by atoms with Crippen LogP contribution in [0, 0.1) is 0 Å². The van der Waals surface area contributed by atoms with Crippen molar-refractivity contribution in [3.63, 3.8) is 0 Å². The van der Waals surface area contributed by atoms with Crippen LogP contribution in [0.25, 0.3) is 133 Å². The van der Waals surface area contributed by atoms with Gasteiger partial charge in [0.1, 0.15) is 0 Å². The van der Waals surface area contributed by atoms with Gasteiger partial charge >= 0.3 is 0 Å². The van der Waals surface area contributed by atoms with Crippen molar-refractivity contribution in [2.24, 2.45) is 0 Å². The highest BCUT2D eigenvalue weighted by atomic mass is 14.9. The molecule has 0 aliphatic rings. The van der Waals surface area contributed by atoms with Crippen LogP contribution in [0.15, 0.2) is 291 Å². The molecule has 1 aromatic heterocycles. The van der Waals surface area contributed by atoms with Crippen LogP contribution in [0.4, 0.5) is 0 Å². The minimum absolute atomic E-state index is 0.693. The lowest BCUT2D eigenvalue weighted by Crippen LogP contribution is -1.96. The molecule has 0 atom stereocenters. The van der Waals surface area contributed by atoms with Gasteiger partial charge in [0.2, 0.25) is 0 Å². The van der Waals surface area contributed by atoms with E-state index in [1.807, 2.05) is 0 Å². The fourth-order valence-corrected chi connectivity index (χ4v) is 10.4. The monoisotopic (exact) mass is 940 g/mol. The minimum atomic E-state index is 0.693. The summed E-state index contributed by atoms with van der Waals surface area (Å²) < 4.78 is 0. The van der Waals surface area contributed by atoms with Gasteiger partial charge in [-0.2, -0.15) is 0 Å².